The number of primary sulfonamides is 1. The molecule has 1 aliphatic heterocycles. The van der Waals surface area contributed by atoms with Gasteiger partial charge < -0.3 is 26.9 Å². The Morgan fingerprint density at radius 3 is 2.33 bits per heavy atom. The predicted molar refractivity (Wildman–Crippen MR) is 139 cm³/mol. The van der Waals surface area contributed by atoms with Gasteiger partial charge in [-0.2, -0.15) is 0 Å². The normalized spacial score (nSPS) is 15.8. The van der Waals surface area contributed by atoms with Crippen LogP contribution in [0.5, 0.6) is 0 Å². The molecule has 8 N–H and O–H groups in total. The number of hydrogen-bond donors (Lipinski definition) is 6. The highest BCUT2D eigenvalue weighted by molar-refractivity contribution is 7.89. The zero-order valence-corrected chi connectivity index (χ0v) is 20.3. The number of nitrogens with one attached hydrogen (secondary N) is 3. The topological polar surface area (TPSA) is 172 Å². The number of sulfonamides is 1. The predicted octanol–water partition coefficient (Wildman–Crippen LogP) is 2.27. The first-order chi connectivity index (χ1) is 17.2. The monoisotopic (exact) mass is 508 g/mol. The number of rotatable bonds is 7. The molecule has 1 fully saturated rings. The lowest BCUT2D eigenvalue weighted by molar-refractivity contribution is -0.121. The highest BCUT2D eigenvalue weighted by Crippen LogP contribution is 2.30. The molecule has 0 spiro atoms. The molecular weight excluding hydrogens is 480 g/mol. The molecule has 1 heterocycles. The zero-order chi connectivity index (χ0) is 25.8. The fourth-order valence-corrected chi connectivity index (χ4v) is 5.05. The molecule has 10 nitrogen and oxygen atoms in total. The van der Waals surface area contributed by atoms with Gasteiger partial charge in [0.2, 0.25) is 15.9 Å². The van der Waals surface area contributed by atoms with E-state index in [9.17, 15) is 13.2 Å². The molecule has 3 aromatic carbocycles. The molecule has 0 aromatic heterocycles. The van der Waals surface area contributed by atoms with Crippen LogP contribution in [0.2, 0.25) is 0 Å². The summed E-state index contributed by atoms with van der Waals surface area (Å²) in [6, 6.07) is 20.4. The van der Waals surface area contributed by atoms with E-state index in [0.29, 0.717) is 54.0 Å². The summed E-state index contributed by atoms with van der Waals surface area (Å²) in [7, 11) is -3.89. The number of benzene rings is 3. The van der Waals surface area contributed by atoms with Gasteiger partial charge in [-0.3, -0.25) is 4.79 Å². The molecule has 4 rings (SSSR count). The lowest BCUT2D eigenvalue weighted by Gasteiger charge is -2.38. The minimum atomic E-state index is -3.89. The van der Waals surface area contributed by atoms with Crippen LogP contribution in [0.3, 0.4) is 0 Å². The van der Waals surface area contributed by atoms with Crippen LogP contribution in [0, 0.1) is 0 Å². The Balaban J connectivity index is 1.57. The Morgan fingerprint density at radius 2 is 1.67 bits per heavy atom. The number of amides is 1. The average molecular weight is 509 g/mol. The average Bonchev–Trinajstić information content (AvgIpc) is 2.89. The van der Waals surface area contributed by atoms with Crippen LogP contribution in [0.4, 0.5) is 11.4 Å². The maximum absolute atomic E-state index is 13.5. The van der Waals surface area contributed by atoms with Gasteiger partial charge >= 0.3 is 0 Å². The van der Waals surface area contributed by atoms with E-state index in [-0.39, 0.29) is 16.6 Å². The summed E-state index contributed by atoms with van der Waals surface area (Å²) in [5.41, 5.74) is 7.76. The van der Waals surface area contributed by atoms with Crippen molar-refractivity contribution in [2.45, 2.75) is 23.3 Å². The summed E-state index contributed by atoms with van der Waals surface area (Å²) >= 11 is 0. The van der Waals surface area contributed by atoms with Gasteiger partial charge in [0.15, 0.2) is 5.84 Å². The Bertz CT molecular complexity index is 1380. The summed E-state index contributed by atoms with van der Waals surface area (Å²) in [6.45, 7) is 1.31. The van der Waals surface area contributed by atoms with E-state index in [1.54, 1.807) is 60.7 Å². The number of anilines is 2. The summed E-state index contributed by atoms with van der Waals surface area (Å²) < 4.78 is 23.9. The molecule has 0 aliphatic carbocycles. The van der Waals surface area contributed by atoms with E-state index in [1.165, 1.54) is 6.07 Å². The van der Waals surface area contributed by atoms with Crippen molar-refractivity contribution in [1.82, 2.24) is 5.32 Å². The molecule has 188 valence electrons. The van der Waals surface area contributed by atoms with Gasteiger partial charge in [0.05, 0.1) is 4.90 Å². The summed E-state index contributed by atoms with van der Waals surface area (Å²) in [5.74, 6) is -0.220. The van der Waals surface area contributed by atoms with Crippen molar-refractivity contribution >= 4 is 33.1 Å². The molecule has 11 heteroatoms. The number of piperidine rings is 1. The fraction of sp³-hybridized carbons (Fsp3) is 0.200. The molecule has 1 aliphatic rings. The lowest BCUT2D eigenvalue weighted by atomic mass is 9.86. The van der Waals surface area contributed by atoms with Crippen molar-refractivity contribution in [2.24, 2.45) is 16.0 Å². The van der Waals surface area contributed by atoms with Crippen molar-refractivity contribution in [3.63, 3.8) is 0 Å². The van der Waals surface area contributed by atoms with Gasteiger partial charge in [0.25, 0.3) is 0 Å². The van der Waals surface area contributed by atoms with E-state index in [2.05, 4.69) is 21.1 Å². The number of nitrogens with two attached hydrogens (primary N) is 2. The zero-order valence-electron chi connectivity index (χ0n) is 19.4. The van der Waals surface area contributed by atoms with Crippen LogP contribution >= 0.6 is 0 Å². The molecule has 1 amide bonds. The van der Waals surface area contributed by atoms with Gasteiger partial charge in [-0.05, 0) is 61.8 Å². The van der Waals surface area contributed by atoms with Crippen molar-refractivity contribution in [2.75, 3.05) is 23.7 Å². The minimum absolute atomic E-state index is 0.0217. The van der Waals surface area contributed by atoms with Gasteiger partial charge in [-0.15, -0.1) is 0 Å². The van der Waals surface area contributed by atoms with Gasteiger partial charge in [-0.1, -0.05) is 47.6 Å². The maximum Gasteiger partial charge on any atom is 0.250 e. The van der Waals surface area contributed by atoms with Crippen LogP contribution in [0.1, 0.15) is 18.4 Å². The Morgan fingerprint density at radius 1 is 0.972 bits per heavy atom. The third kappa shape index (κ3) is 5.48. The molecule has 0 radical (unpaired) electrons. The highest BCUT2D eigenvalue weighted by Gasteiger charge is 2.39. The summed E-state index contributed by atoms with van der Waals surface area (Å²) in [6.07, 6.45) is 1.10. The quantitative estimate of drug-likeness (QED) is 0.123. The van der Waals surface area contributed by atoms with Crippen molar-refractivity contribution in [3.05, 3.63) is 78.4 Å². The standard InChI is InChI=1S/C25H28N6O4S/c26-23(31-33)18-4-3-5-20(16-18)30-25(12-14-28-15-13-25)24(32)29-19-10-8-17(9-11-19)21-6-1-2-7-22(21)36(27,34)35/h1-11,16,28,30,33H,12-15H2,(H2,26,31)(H,29,32)(H2,27,34,35). The number of nitrogens with zero attached hydrogens (tertiary/aromatic N) is 1. The van der Waals surface area contributed by atoms with E-state index in [1.807, 2.05) is 6.07 Å². The summed E-state index contributed by atoms with van der Waals surface area (Å²) in [4.78, 5) is 13.6. The van der Waals surface area contributed by atoms with Crippen LogP contribution in [-0.2, 0) is 14.8 Å². The first-order valence-corrected chi connectivity index (χ1v) is 12.9. The van der Waals surface area contributed by atoms with Gasteiger partial charge in [0, 0.05) is 22.5 Å². The molecule has 0 atom stereocenters. The number of carbonyl (C=O) groups is 1. The third-order valence-corrected chi connectivity index (χ3v) is 7.16. The number of carbonyl (C=O) groups excluding carboxylic acids is 1. The van der Waals surface area contributed by atoms with Crippen molar-refractivity contribution in [1.29, 1.82) is 0 Å². The molecule has 3 aromatic rings. The van der Waals surface area contributed by atoms with E-state index in [0.717, 1.165) is 0 Å². The number of amidine groups is 1. The van der Waals surface area contributed by atoms with Crippen LogP contribution in [0.15, 0.2) is 82.8 Å². The van der Waals surface area contributed by atoms with Crippen LogP contribution < -0.4 is 26.8 Å². The summed E-state index contributed by atoms with van der Waals surface area (Å²) in [5, 5.41) is 27.0. The van der Waals surface area contributed by atoms with E-state index in [4.69, 9.17) is 16.1 Å². The Hall–Kier alpha value is -3.93. The maximum atomic E-state index is 13.5. The lowest BCUT2D eigenvalue weighted by Crippen LogP contribution is -2.55. The smallest absolute Gasteiger partial charge is 0.250 e. The number of hydrogen-bond acceptors (Lipinski definition) is 7. The first-order valence-electron chi connectivity index (χ1n) is 11.3. The van der Waals surface area contributed by atoms with E-state index < -0.39 is 15.6 Å². The first kappa shape index (κ1) is 25.2. The molecule has 1 saturated heterocycles. The highest BCUT2D eigenvalue weighted by atomic mass is 32.2. The SMILES string of the molecule is N/C(=N\O)c1cccc(NC2(C(=O)Nc3ccc(-c4ccccc4S(N)(=O)=O)cc3)CCNCC2)c1. The van der Waals surface area contributed by atoms with Gasteiger partial charge in [0.1, 0.15) is 5.54 Å². The van der Waals surface area contributed by atoms with Gasteiger partial charge in [-0.25, -0.2) is 13.6 Å². The molecule has 0 saturated carbocycles. The van der Waals surface area contributed by atoms with Crippen molar-refractivity contribution < 1.29 is 18.4 Å². The fourth-order valence-electron chi connectivity index (χ4n) is 4.29. The molecule has 0 bridgehead atoms. The third-order valence-electron chi connectivity index (χ3n) is 6.19. The Labute approximate surface area is 209 Å². The second-order valence-electron chi connectivity index (χ2n) is 8.60. The largest absolute Gasteiger partial charge is 0.409 e. The van der Waals surface area contributed by atoms with Crippen molar-refractivity contribution in [3.8, 4) is 11.1 Å². The van der Waals surface area contributed by atoms with E-state index >= 15 is 0 Å². The second-order valence-corrected chi connectivity index (χ2v) is 10.1. The molecular formula is C25H28N6O4S. The van der Waals surface area contributed by atoms with Crippen LogP contribution in [0.25, 0.3) is 11.1 Å². The number of oxime groups is 1. The molecule has 0 unspecified atom stereocenters. The molecule has 36 heavy (non-hydrogen) atoms. The minimum Gasteiger partial charge on any atom is -0.409 e. The van der Waals surface area contributed by atoms with Crippen LogP contribution in [-0.4, -0.2) is 44.0 Å². The second kappa shape index (κ2) is 10.4. The Kier molecular flexibility index (Phi) is 7.25.